The predicted octanol–water partition coefficient (Wildman–Crippen LogP) is 1.12. The van der Waals surface area contributed by atoms with Gasteiger partial charge < -0.3 is 10.2 Å². The molecule has 0 heterocycles. The number of rotatable bonds is 2. The highest BCUT2D eigenvalue weighted by Crippen LogP contribution is 2.60. The largest absolute Gasteiger partial charge is 0.481 e. The molecular formula is C9H16O3. The maximum Gasteiger partial charge on any atom is 0.312 e. The zero-order chi connectivity index (χ0) is 9.57. The maximum absolute atomic E-state index is 10.8. The Morgan fingerprint density at radius 1 is 1.58 bits per heavy atom. The van der Waals surface area contributed by atoms with E-state index in [4.69, 9.17) is 10.2 Å². The van der Waals surface area contributed by atoms with Crippen LogP contribution in [-0.2, 0) is 4.79 Å². The molecule has 70 valence electrons. The van der Waals surface area contributed by atoms with Crippen molar-refractivity contribution in [1.82, 2.24) is 0 Å². The molecule has 0 amide bonds. The first-order valence-corrected chi connectivity index (χ1v) is 4.19. The summed E-state index contributed by atoms with van der Waals surface area (Å²) >= 11 is 0. The van der Waals surface area contributed by atoms with E-state index in [2.05, 4.69) is 0 Å². The van der Waals surface area contributed by atoms with E-state index in [-0.39, 0.29) is 17.9 Å². The van der Waals surface area contributed by atoms with Gasteiger partial charge in [-0.2, -0.15) is 0 Å². The van der Waals surface area contributed by atoms with Crippen LogP contribution in [0.3, 0.4) is 0 Å². The topological polar surface area (TPSA) is 57.5 Å². The molecule has 0 aromatic carbocycles. The van der Waals surface area contributed by atoms with E-state index in [1.807, 2.05) is 20.8 Å². The summed E-state index contributed by atoms with van der Waals surface area (Å²) in [6, 6.07) is 0. The molecular weight excluding hydrogens is 156 g/mol. The molecule has 12 heavy (non-hydrogen) atoms. The fourth-order valence-electron chi connectivity index (χ4n) is 1.92. The summed E-state index contributed by atoms with van der Waals surface area (Å²) in [6.45, 7) is 5.80. The molecule has 2 unspecified atom stereocenters. The molecule has 1 rings (SSSR count). The molecule has 2 N–H and O–H groups in total. The van der Waals surface area contributed by atoms with E-state index >= 15 is 0 Å². The lowest BCUT2D eigenvalue weighted by molar-refractivity contribution is -0.146. The summed E-state index contributed by atoms with van der Waals surface area (Å²) in [7, 11) is 0. The molecule has 0 bridgehead atoms. The highest BCUT2D eigenvalue weighted by Gasteiger charge is 2.63. The Kier molecular flexibility index (Phi) is 1.95. The van der Waals surface area contributed by atoms with Gasteiger partial charge in [0.25, 0.3) is 0 Å². The SMILES string of the molecule is CC(C)(C)C1CC1(CO)C(=O)O. The van der Waals surface area contributed by atoms with Gasteiger partial charge in [0, 0.05) is 0 Å². The second-order valence-electron chi connectivity index (χ2n) is 4.74. The second-order valence-corrected chi connectivity index (χ2v) is 4.74. The summed E-state index contributed by atoms with van der Waals surface area (Å²) in [4.78, 5) is 10.8. The monoisotopic (exact) mass is 172 g/mol. The Bertz CT molecular complexity index is 204. The molecule has 2 atom stereocenters. The Hall–Kier alpha value is -0.570. The third-order valence-corrected chi connectivity index (χ3v) is 2.83. The minimum atomic E-state index is -0.857. The third kappa shape index (κ3) is 1.22. The molecule has 3 heteroatoms. The van der Waals surface area contributed by atoms with Crippen LogP contribution in [0.1, 0.15) is 27.2 Å². The third-order valence-electron chi connectivity index (χ3n) is 2.83. The summed E-state index contributed by atoms with van der Waals surface area (Å²) in [5.41, 5.74) is -0.848. The van der Waals surface area contributed by atoms with Gasteiger partial charge in [0.15, 0.2) is 0 Å². The quantitative estimate of drug-likeness (QED) is 0.656. The van der Waals surface area contributed by atoms with Crippen molar-refractivity contribution in [1.29, 1.82) is 0 Å². The lowest BCUT2D eigenvalue weighted by Gasteiger charge is -2.21. The van der Waals surface area contributed by atoms with E-state index < -0.39 is 11.4 Å². The zero-order valence-corrected chi connectivity index (χ0v) is 7.79. The van der Waals surface area contributed by atoms with Crippen molar-refractivity contribution in [2.24, 2.45) is 16.7 Å². The number of carbonyl (C=O) groups is 1. The molecule has 1 saturated carbocycles. The van der Waals surface area contributed by atoms with Gasteiger partial charge in [0.2, 0.25) is 0 Å². The minimum Gasteiger partial charge on any atom is -0.481 e. The van der Waals surface area contributed by atoms with Gasteiger partial charge in [0.05, 0.1) is 12.0 Å². The second kappa shape index (κ2) is 2.46. The van der Waals surface area contributed by atoms with Gasteiger partial charge in [-0.3, -0.25) is 4.79 Å². The fourth-order valence-corrected chi connectivity index (χ4v) is 1.92. The van der Waals surface area contributed by atoms with Gasteiger partial charge >= 0.3 is 5.97 Å². The highest BCUT2D eigenvalue weighted by molar-refractivity contribution is 5.79. The van der Waals surface area contributed by atoms with Crippen LogP contribution in [0.25, 0.3) is 0 Å². The molecule has 1 aliphatic rings. The van der Waals surface area contributed by atoms with Crippen LogP contribution < -0.4 is 0 Å². The van der Waals surface area contributed by atoms with Crippen molar-refractivity contribution in [2.75, 3.05) is 6.61 Å². The molecule has 0 aliphatic heterocycles. The molecule has 0 saturated heterocycles. The summed E-state index contributed by atoms with van der Waals surface area (Å²) in [5, 5.41) is 17.9. The van der Waals surface area contributed by atoms with Crippen molar-refractivity contribution in [3.8, 4) is 0 Å². The van der Waals surface area contributed by atoms with Crippen LogP contribution >= 0.6 is 0 Å². The van der Waals surface area contributed by atoms with E-state index in [0.29, 0.717) is 6.42 Å². The number of aliphatic hydroxyl groups excluding tert-OH is 1. The van der Waals surface area contributed by atoms with E-state index in [1.54, 1.807) is 0 Å². The molecule has 0 aromatic rings. The number of carboxylic acid groups (broad SMARTS) is 1. The van der Waals surface area contributed by atoms with Crippen molar-refractivity contribution in [2.45, 2.75) is 27.2 Å². The first-order chi connectivity index (χ1) is 5.34. The van der Waals surface area contributed by atoms with Crippen molar-refractivity contribution in [3.63, 3.8) is 0 Å². The molecule has 0 radical (unpaired) electrons. The van der Waals surface area contributed by atoms with E-state index in [9.17, 15) is 4.79 Å². The first kappa shape index (κ1) is 9.52. The van der Waals surface area contributed by atoms with Gasteiger partial charge in [-0.1, -0.05) is 20.8 Å². The Balaban J connectivity index is 2.75. The zero-order valence-electron chi connectivity index (χ0n) is 7.79. The first-order valence-electron chi connectivity index (χ1n) is 4.19. The molecule has 3 nitrogen and oxygen atoms in total. The van der Waals surface area contributed by atoms with Crippen LogP contribution in [-0.4, -0.2) is 22.8 Å². The summed E-state index contributed by atoms with van der Waals surface area (Å²) < 4.78 is 0. The number of carboxylic acids is 1. The number of hydrogen-bond acceptors (Lipinski definition) is 2. The predicted molar refractivity (Wildman–Crippen MR) is 44.7 cm³/mol. The molecule has 0 aromatic heterocycles. The van der Waals surface area contributed by atoms with E-state index in [0.717, 1.165) is 0 Å². The standard InChI is InChI=1S/C9H16O3/c1-8(2,3)6-4-9(6,5-10)7(11)12/h6,10H,4-5H2,1-3H3,(H,11,12). The fraction of sp³-hybridized carbons (Fsp3) is 0.889. The maximum atomic E-state index is 10.8. The highest BCUT2D eigenvalue weighted by atomic mass is 16.4. The smallest absolute Gasteiger partial charge is 0.312 e. The Labute approximate surface area is 72.4 Å². The van der Waals surface area contributed by atoms with Gasteiger partial charge in [-0.05, 0) is 17.8 Å². The van der Waals surface area contributed by atoms with Crippen LogP contribution in [0.4, 0.5) is 0 Å². The summed E-state index contributed by atoms with van der Waals surface area (Å²) in [6.07, 6.45) is 0.613. The Morgan fingerprint density at radius 2 is 2.08 bits per heavy atom. The average molecular weight is 172 g/mol. The van der Waals surface area contributed by atoms with E-state index in [1.165, 1.54) is 0 Å². The average Bonchev–Trinajstić information content (AvgIpc) is 2.60. The molecule has 1 fully saturated rings. The molecule has 1 aliphatic carbocycles. The van der Waals surface area contributed by atoms with Gasteiger partial charge in [-0.25, -0.2) is 0 Å². The Morgan fingerprint density at radius 3 is 2.17 bits per heavy atom. The van der Waals surface area contributed by atoms with Crippen molar-refractivity contribution in [3.05, 3.63) is 0 Å². The number of aliphatic hydroxyl groups is 1. The normalized spacial score (nSPS) is 34.8. The molecule has 0 spiro atoms. The lowest BCUT2D eigenvalue weighted by atomic mass is 9.85. The van der Waals surface area contributed by atoms with Crippen LogP contribution in [0.2, 0.25) is 0 Å². The van der Waals surface area contributed by atoms with Crippen molar-refractivity contribution >= 4 is 5.97 Å². The lowest BCUT2D eigenvalue weighted by Crippen LogP contribution is -2.26. The number of hydrogen-bond donors (Lipinski definition) is 2. The van der Waals surface area contributed by atoms with Gasteiger partial charge in [-0.15, -0.1) is 0 Å². The van der Waals surface area contributed by atoms with Gasteiger partial charge in [0.1, 0.15) is 0 Å². The summed E-state index contributed by atoms with van der Waals surface area (Å²) in [5.74, 6) is -0.738. The van der Waals surface area contributed by atoms with Crippen molar-refractivity contribution < 1.29 is 15.0 Å². The van der Waals surface area contributed by atoms with Crippen LogP contribution in [0, 0.1) is 16.7 Å². The number of aliphatic carboxylic acids is 1. The van der Waals surface area contributed by atoms with Crippen LogP contribution in [0.5, 0.6) is 0 Å². The minimum absolute atomic E-state index is 0.0128. The van der Waals surface area contributed by atoms with Crippen LogP contribution in [0.15, 0.2) is 0 Å².